The maximum atomic E-state index is 5.81. The molecule has 2 aromatic rings. The smallest absolute Gasteiger partial charge is 0.119 e. The Labute approximate surface area is 124 Å². The van der Waals surface area contributed by atoms with Gasteiger partial charge in [-0.1, -0.05) is 11.6 Å². The van der Waals surface area contributed by atoms with Gasteiger partial charge >= 0.3 is 0 Å². The maximum Gasteiger partial charge on any atom is 0.119 e. The second kappa shape index (κ2) is 7.65. The van der Waals surface area contributed by atoms with Gasteiger partial charge in [0, 0.05) is 17.3 Å². The zero-order valence-corrected chi connectivity index (χ0v) is 12.2. The van der Waals surface area contributed by atoms with E-state index in [1.165, 1.54) is 0 Å². The third-order valence-corrected chi connectivity index (χ3v) is 3.07. The number of rotatable bonds is 7. The van der Waals surface area contributed by atoms with Crippen LogP contribution >= 0.6 is 11.6 Å². The highest BCUT2D eigenvalue weighted by molar-refractivity contribution is 6.30. The molecule has 0 saturated heterocycles. The van der Waals surface area contributed by atoms with Crippen molar-refractivity contribution in [1.29, 1.82) is 0 Å². The Morgan fingerprint density at radius 2 is 1.60 bits per heavy atom. The summed E-state index contributed by atoms with van der Waals surface area (Å²) in [6.07, 6.45) is 0.925. The van der Waals surface area contributed by atoms with E-state index in [-0.39, 0.29) is 0 Å². The number of methoxy groups -OCH3 is 1. The number of hydrogen-bond acceptors (Lipinski definition) is 3. The van der Waals surface area contributed by atoms with Gasteiger partial charge in [-0.3, -0.25) is 0 Å². The normalized spacial score (nSPS) is 10.1. The van der Waals surface area contributed by atoms with E-state index in [2.05, 4.69) is 5.32 Å². The van der Waals surface area contributed by atoms with Gasteiger partial charge in [-0.2, -0.15) is 0 Å². The molecule has 0 saturated carbocycles. The first kappa shape index (κ1) is 14.5. The Morgan fingerprint density at radius 1 is 0.950 bits per heavy atom. The number of hydrogen-bond donors (Lipinski definition) is 1. The van der Waals surface area contributed by atoms with Crippen molar-refractivity contribution in [3.8, 4) is 11.5 Å². The van der Waals surface area contributed by atoms with Crippen LogP contribution in [0.2, 0.25) is 5.02 Å². The van der Waals surface area contributed by atoms with Gasteiger partial charge < -0.3 is 14.8 Å². The van der Waals surface area contributed by atoms with Crippen LogP contribution in [0.15, 0.2) is 48.5 Å². The van der Waals surface area contributed by atoms with Crippen molar-refractivity contribution >= 4 is 17.3 Å². The summed E-state index contributed by atoms with van der Waals surface area (Å²) >= 11 is 5.81. The third kappa shape index (κ3) is 4.67. The minimum Gasteiger partial charge on any atom is -0.497 e. The monoisotopic (exact) mass is 291 g/mol. The van der Waals surface area contributed by atoms with Gasteiger partial charge in [-0.25, -0.2) is 0 Å². The first-order valence-electron chi connectivity index (χ1n) is 6.54. The molecule has 3 nitrogen and oxygen atoms in total. The lowest BCUT2D eigenvalue weighted by Gasteiger charge is -2.08. The summed E-state index contributed by atoms with van der Waals surface area (Å²) < 4.78 is 10.7. The molecule has 0 radical (unpaired) electrons. The minimum atomic E-state index is 0.671. The van der Waals surface area contributed by atoms with Gasteiger partial charge in [0.2, 0.25) is 0 Å². The number of nitrogens with one attached hydrogen (secondary N) is 1. The molecule has 0 amide bonds. The first-order valence-corrected chi connectivity index (χ1v) is 6.92. The molecule has 106 valence electrons. The molecule has 2 aromatic carbocycles. The van der Waals surface area contributed by atoms with Gasteiger partial charge in [0.1, 0.15) is 11.5 Å². The predicted octanol–water partition coefficient (Wildman–Crippen LogP) is 4.23. The number of ether oxygens (including phenoxy) is 2. The molecule has 0 heterocycles. The van der Waals surface area contributed by atoms with E-state index in [0.717, 1.165) is 35.2 Å². The van der Waals surface area contributed by atoms with Gasteiger partial charge in [0.15, 0.2) is 0 Å². The van der Waals surface area contributed by atoms with Crippen LogP contribution in [-0.2, 0) is 0 Å². The van der Waals surface area contributed by atoms with E-state index in [9.17, 15) is 0 Å². The lowest BCUT2D eigenvalue weighted by molar-refractivity contribution is 0.315. The predicted molar refractivity (Wildman–Crippen MR) is 83.0 cm³/mol. The highest BCUT2D eigenvalue weighted by Gasteiger charge is 1.96. The summed E-state index contributed by atoms with van der Waals surface area (Å²) in [5.74, 6) is 1.71. The van der Waals surface area contributed by atoms with Crippen LogP contribution in [0, 0.1) is 0 Å². The van der Waals surface area contributed by atoms with Crippen LogP contribution in [-0.4, -0.2) is 20.3 Å². The van der Waals surface area contributed by atoms with Crippen molar-refractivity contribution in [3.63, 3.8) is 0 Å². The fourth-order valence-electron chi connectivity index (χ4n) is 1.73. The number of benzene rings is 2. The second-order valence-corrected chi connectivity index (χ2v) is 4.75. The van der Waals surface area contributed by atoms with Crippen molar-refractivity contribution in [2.75, 3.05) is 25.6 Å². The zero-order chi connectivity index (χ0) is 14.2. The summed E-state index contributed by atoms with van der Waals surface area (Å²) in [5.41, 5.74) is 1.08. The van der Waals surface area contributed by atoms with Crippen LogP contribution in [0.1, 0.15) is 6.42 Å². The molecule has 0 bridgehead atoms. The van der Waals surface area contributed by atoms with E-state index in [1.807, 2.05) is 48.5 Å². The Morgan fingerprint density at radius 3 is 2.25 bits per heavy atom. The zero-order valence-electron chi connectivity index (χ0n) is 11.4. The van der Waals surface area contributed by atoms with E-state index >= 15 is 0 Å². The molecule has 0 aliphatic rings. The van der Waals surface area contributed by atoms with Crippen molar-refractivity contribution in [2.45, 2.75) is 6.42 Å². The summed E-state index contributed by atoms with van der Waals surface area (Å²) in [5, 5.41) is 4.06. The van der Waals surface area contributed by atoms with E-state index < -0.39 is 0 Å². The van der Waals surface area contributed by atoms with Crippen LogP contribution in [0.25, 0.3) is 0 Å². The minimum absolute atomic E-state index is 0.671. The number of halogens is 1. The second-order valence-electron chi connectivity index (χ2n) is 4.31. The van der Waals surface area contributed by atoms with E-state index in [0.29, 0.717) is 6.61 Å². The fourth-order valence-corrected chi connectivity index (χ4v) is 1.86. The standard InChI is InChI=1S/C16H18ClNO2/c1-19-15-9-5-14(6-10-15)18-11-2-12-20-16-7-3-13(17)4-8-16/h3-10,18H,2,11-12H2,1H3. The van der Waals surface area contributed by atoms with Gasteiger partial charge in [-0.15, -0.1) is 0 Å². The quantitative estimate of drug-likeness (QED) is 0.774. The van der Waals surface area contributed by atoms with E-state index in [4.69, 9.17) is 21.1 Å². The first-order chi connectivity index (χ1) is 9.78. The fraction of sp³-hybridized carbons (Fsp3) is 0.250. The summed E-state index contributed by atoms with van der Waals surface area (Å²) in [7, 11) is 1.66. The SMILES string of the molecule is COc1ccc(NCCCOc2ccc(Cl)cc2)cc1. The molecular formula is C16H18ClNO2. The molecule has 0 fully saturated rings. The molecular weight excluding hydrogens is 274 g/mol. The average Bonchev–Trinajstić information content (AvgIpc) is 2.49. The highest BCUT2D eigenvalue weighted by Crippen LogP contribution is 2.16. The lowest BCUT2D eigenvalue weighted by atomic mass is 10.3. The third-order valence-electron chi connectivity index (χ3n) is 2.82. The molecule has 0 atom stereocenters. The number of anilines is 1. The van der Waals surface area contributed by atoms with Crippen LogP contribution < -0.4 is 14.8 Å². The summed E-state index contributed by atoms with van der Waals surface area (Å²) in [6.45, 7) is 1.53. The van der Waals surface area contributed by atoms with Crippen molar-refractivity contribution in [3.05, 3.63) is 53.6 Å². The molecule has 0 unspecified atom stereocenters. The molecule has 0 spiro atoms. The molecule has 20 heavy (non-hydrogen) atoms. The summed E-state index contributed by atoms with van der Waals surface area (Å²) in [6, 6.07) is 15.3. The highest BCUT2D eigenvalue weighted by atomic mass is 35.5. The molecule has 2 rings (SSSR count). The Hall–Kier alpha value is -1.87. The molecule has 0 aromatic heterocycles. The Kier molecular flexibility index (Phi) is 5.56. The Balaban J connectivity index is 1.64. The topological polar surface area (TPSA) is 30.5 Å². The summed E-state index contributed by atoms with van der Waals surface area (Å²) in [4.78, 5) is 0. The van der Waals surface area contributed by atoms with Crippen LogP contribution in [0.4, 0.5) is 5.69 Å². The average molecular weight is 292 g/mol. The van der Waals surface area contributed by atoms with Crippen LogP contribution in [0.3, 0.4) is 0 Å². The van der Waals surface area contributed by atoms with Gasteiger partial charge in [0.05, 0.1) is 13.7 Å². The van der Waals surface area contributed by atoms with Gasteiger partial charge in [-0.05, 0) is 55.0 Å². The molecule has 1 N–H and O–H groups in total. The van der Waals surface area contributed by atoms with Crippen molar-refractivity contribution in [2.24, 2.45) is 0 Å². The van der Waals surface area contributed by atoms with E-state index in [1.54, 1.807) is 7.11 Å². The van der Waals surface area contributed by atoms with Crippen molar-refractivity contribution < 1.29 is 9.47 Å². The lowest BCUT2D eigenvalue weighted by Crippen LogP contribution is -2.07. The largest absolute Gasteiger partial charge is 0.497 e. The van der Waals surface area contributed by atoms with Gasteiger partial charge in [0.25, 0.3) is 0 Å². The Bertz CT molecular complexity index is 511. The maximum absolute atomic E-state index is 5.81. The van der Waals surface area contributed by atoms with Crippen LogP contribution in [0.5, 0.6) is 11.5 Å². The van der Waals surface area contributed by atoms with Crippen molar-refractivity contribution in [1.82, 2.24) is 0 Å². The molecule has 4 heteroatoms. The molecule has 0 aliphatic carbocycles. The molecule has 0 aliphatic heterocycles.